The molecule has 24 heavy (non-hydrogen) atoms. The van der Waals surface area contributed by atoms with Crippen LogP contribution in [0.25, 0.3) is 11.3 Å². The summed E-state index contributed by atoms with van der Waals surface area (Å²) in [7, 11) is 1.64. The summed E-state index contributed by atoms with van der Waals surface area (Å²) in [5.41, 5.74) is 2.95. The lowest BCUT2D eigenvalue weighted by atomic mass is 9.95. The number of hydrogen-bond acceptors (Lipinski definition) is 3. The quantitative estimate of drug-likeness (QED) is 0.861. The Hall–Kier alpha value is -2.30. The van der Waals surface area contributed by atoms with E-state index in [2.05, 4.69) is 29.4 Å². The van der Waals surface area contributed by atoms with E-state index in [1.165, 1.54) is 0 Å². The first-order valence-corrected chi connectivity index (χ1v) is 8.25. The van der Waals surface area contributed by atoms with Crippen LogP contribution < -0.4 is 10.1 Å². The number of nitrogens with one attached hydrogen (secondary N) is 2. The van der Waals surface area contributed by atoms with E-state index in [0.29, 0.717) is 5.92 Å². The Labute approximate surface area is 143 Å². The number of aromatic amines is 1. The molecule has 0 atom stereocenters. The Kier molecular flexibility index (Phi) is 5.32. The van der Waals surface area contributed by atoms with Gasteiger partial charge in [0.05, 0.1) is 18.5 Å². The van der Waals surface area contributed by atoms with E-state index in [4.69, 9.17) is 4.74 Å². The number of carbonyl (C=O) groups excluding carboxylic acids is 1. The molecule has 2 N–H and O–H groups in total. The highest BCUT2D eigenvalue weighted by Gasteiger charge is 2.25. The number of methoxy groups -OCH3 is 1. The maximum Gasteiger partial charge on any atom is 0.229 e. The lowest BCUT2D eigenvalue weighted by Gasteiger charge is -2.19. The maximum absolute atomic E-state index is 12.5. The van der Waals surface area contributed by atoms with Crippen molar-refractivity contribution in [1.82, 2.24) is 10.2 Å². The monoisotopic (exact) mass is 329 g/mol. The molecule has 5 nitrogen and oxygen atoms in total. The van der Waals surface area contributed by atoms with E-state index in [1.54, 1.807) is 7.11 Å². The van der Waals surface area contributed by atoms with Crippen LogP contribution in [0.3, 0.4) is 0 Å². The first-order valence-electron chi connectivity index (χ1n) is 8.25. The number of H-pyrrole nitrogens is 1. The van der Waals surface area contributed by atoms with Crippen LogP contribution in [0.15, 0.2) is 24.3 Å². The smallest absolute Gasteiger partial charge is 0.229 e. The van der Waals surface area contributed by atoms with Crippen molar-refractivity contribution in [1.29, 1.82) is 0 Å². The van der Waals surface area contributed by atoms with Gasteiger partial charge in [-0.3, -0.25) is 9.89 Å². The van der Waals surface area contributed by atoms with Crippen LogP contribution in [-0.2, 0) is 11.2 Å². The predicted molar refractivity (Wildman–Crippen MR) is 97.2 cm³/mol. The summed E-state index contributed by atoms with van der Waals surface area (Å²) in [6, 6.07) is 7.67. The maximum atomic E-state index is 12.5. The highest BCUT2D eigenvalue weighted by Crippen LogP contribution is 2.32. The van der Waals surface area contributed by atoms with Crippen LogP contribution in [0.2, 0.25) is 0 Å². The normalized spacial score (nSPS) is 11.6. The number of rotatable bonds is 5. The summed E-state index contributed by atoms with van der Waals surface area (Å²) in [5, 5.41) is 10.6. The Bertz CT molecular complexity index is 694. The molecule has 1 heterocycles. The molecular weight excluding hydrogens is 302 g/mol. The molecule has 1 aromatic carbocycles. The van der Waals surface area contributed by atoms with E-state index in [1.807, 2.05) is 45.0 Å². The van der Waals surface area contributed by atoms with Crippen molar-refractivity contribution in [3.05, 3.63) is 30.0 Å². The van der Waals surface area contributed by atoms with Crippen molar-refractivity contribution in [3.8, 4) is 17.0 Å². The summed E-state index contributed by atoms with van der Waals surface area (Å²) in [6.07, 6.45) is 0.822. The van der Waals surface area contributed by atoms with Gasteiger partial charge in [-0.05, 0) is 36.6 Å². The molecule has 0 fully saturated rings. The van der Waals surface area contributed by atoms with Crippen molar-refractivity contribution < 1.29 is 9.53 Å². The van der Waals surface area contributed by atoms with Crippen molar-refractivity contribution in [2.24, 2.45) is 11.3 Å². The van der Waals surface area contributed by atoms with Crippen LogP contribution in [0.1, 0.15) is 40.3 Å². The summed E-state index contributed by atoms with van der Waals surface area (Å²) in [4.78, 5) is 12.5. The second-order valence-corrected chi connectivity index (χ2v) is 7.46. The number of carbonyl (C=O) groups is 1. The Morgan fingerprint density at radius 2 is 1.88 bits per heavy atom. The number of aromatic nitrogens is 2. The van der Waals surface area contributed by atoms with Gasteiger partial charge in [-0.25, -0.2) is 0 Å². The molecule has 0 saturated carbocycles. The lowest BCUT2D eigenvalue weighted by molar-refractivity contribution is -0.123. The van der Waals surface area contributed by atoms with Crippen molar-refractivity contribution in [3.63, 3.8) is 0 Å². The highest BCUT2D eigenvalue weighted by atomic mass is 16.5. The Morgan fingerprint density at radius 3 is 2.38 bits per heavy atom. The van der Waals surface area contributed by atoms with Crippen LogP contribution in [0, 0.1) is 11.3 Å². The van der Waals surface area contributed by atoms with Gasteiger partial charge in [0.25, 0.3) is 0 Å². The van der Waals surface area contributed by atoms with Crippen LogP contribution in [-0.4, -0.2) is 23.2 Å². The summed E-state index contributed by atoms with van der Waals surface area (Å²) in [6.45, 7) is 9.99. The molecule has 130 valence electrons. The fourth-order valence-corrected chi connectivity index (χ4v) is 2.33. The first-order chi connectivity index (χ1) is 11.2. The standard InChI is InChI=1S/C19H27N3O2/c1-12(2)11-15-17(20-18(23)19(3,4)5)16(22-21-15)13-7-9-14(24-6)10-8-13/h7-10,12H,11H2,1-6H3,(H,20,23)(H,21,22). The summed E-state index contributed by atoms with van der Waals surface area (Å²) < 4.78 is 5.20. The fraction of sp³-hybridized carbons (Fsp3) is 0.474. The molecular formula is C19H27N3O2. The van der Waals surface area contributed by atoms with Gasteiger partial charge in [-0.15, -0.1) is 0 Å². The molecule has 2 aromatic rings. The van der Waals surface area contributed by atoms with Crippen LogP contribution in [0.5, 0.6) is 5.75 Å². The zero-order valence-corrected chi connectivity index (χ0v) is 15.4. The number of anilines is 1. The third kappa shape index (κ3) is 4.16. The molecule has 0 aliphatic rings. The van der Waals surface area contributed by atoms with Crippen LogP contribution >= 0.6 is 0 Å². The number of benzene rings is 1. The predicted octanol–water partition coefficient (Wildman–Crippen LogP) is 4.27. The fourth-order valence-electron chi connectivity index (χ4n) is 2.33. The van der Waals surface area contributed by atoms with Gasteiger partial charge in [0.2, 0.25) is 5.91 Å². The second-order valence-electron chi connectivity index (χ2n) is 7.46. The third-order valence-electron chi connectivity index (χ3n) is 3.74. The topological polar surface area (TPSA) is 67.0 Å². The zero-order valence-electron chi connectivity index (χ0n) is 15.4. The van der Waals surface area contributed by atoms with Gasteiger partial charge in [0, 0.05) is 11.0 Å². The molecule has 1 amide bonds. The Morgan fingerprint density at radius 1 is 1.25 bits per heavy atom. The minimum Gasteiger partial charge on any atom is -0.497 e. The SMILES string of the molecule is COc1ccc(-c2n[nH]c(CC(C)C)c2NC(=O)C(C)(C)C)cc1. The summed E-state index contributed by atoms with van der Waals surface area (Å²) >= 11 is 0. The molecule has 2 rings (SSSR count). The van der Waals surface area contributed by atoms with Gasteiger partial charge in [0.1, 0.15) is 11.4 Å². The first kappa shape index (κ1) is 18.0. The highest BCUT2D eigenvalue weighted by molar-refractivity contribution is 5.98. The molecule has 0 bridgehead atoms. The van der Waals surface area contributed by atoms with E-state index in [-0.39, 0.29) is 5.91 Å². The molecule has 1 aromatic heterocycles. The molecule has 0 unspecified atom stereocenters. The van der Waals surface area contributed by atoms with Crippen molar-refractivity contribution in [2.75, 3.05) is 12.4 Å². The second kappa shape index (κ2) is 7.07. The molecule has 5 heteroatoms. The lowest BCUT2D eigenvalue weighted by Crippen LogP contribution is -2.28. The zero-order chi connectivity index (χ0) is 17.9. The van der Waals surface area contributed by atoms with E-state index >= 15 is 0 Å². The number of ether oxygens (including phenoxy) is 1. The average molecular weight is 329 g/mol. The molecule has 0 saturated heterocycles. The Balaban J connectivity index is 2.43. The van der Waals surface area contributed by atoms with E-state index in [9.17, 15) is 4.79 Å². The largest absolute Gasteiger partial charge is 0.497 e. The number of hydrogen-bond donors (Lipinski definition) is 2. The van der Waals surface area contributed by atoms with Crippen molar-refractivity contribution in [2.45, 2.75) is 41.0 Å². The number of amides is 1. The minimum atomic E-state index is -0.469. The minimum absolute atomic E-state index is 0.0244. The molecule has 0 aliphatic heterocycles. The molecule has 0 radical (unpaired) electrons. The van der Waals surface area contributed by atoms with Gasteiger partial charge >= 0.3 is 0 Å². The van der Waals surface area contributed by atoms with Gasteiger partial charge in [0.15, 0.2) is 0 Å². The molecule has 0 spiro atoms. The third-order valence-corrected chi connectivity index (χ3v) is 3.74. The van der Waals surface area contributed by atoms with Gasteiger partial charge in [-0.2, -0.15) is 5.10 Å². The van der Waals surface area contributed by atoms with E-state index < -0.39 is 5.41 Å². The average Bonchev–Trinajstić information content (AvgIpc) is 2.88. The van der Waals surface area contributed by atoms with E-state index in [0.717, 1.165) is 34.8 Å². The number of nitrogens with zero attached hydrogens (tertiary/aromatic N) is 1. The van der Waals surface area contributed by atoms with Crippen molar-refractivity contribution >= 4 is 11.6 Å². The molecule has 0 aliphatic carbocycles. The van der Waals surface area contributed by atoms with Gasteiger partial charge in [-0.1, -0.05) is 34.6 Å². The van der Waals surface area contributed by atoms with Crippen LogP contribution in [0.4, 0.5) is 5.69 Å². The summed E-state index contributed by atoms with van der Waals surface area (Å²) in [5.74, 6) is 1.22. The van der Waals surface area contributed by atoms with Gasteiger partial charge < -0.3 is 10.1 Å².